The van der Waals surface area contributed by atoms with Crippen LogP contribution < -0.4 is 9.62 Å². The molecule has 5 rings (SSSR count). The third-order valence-corrected chi connectivity index (χ3v) is 10.9. The number of amides is 2. The number of carbonyl (C=O) groups is 2. The maximum absolute atomic E-state index is 14.7. The topological polar surface area (TPSA) is 86.8 Å². The van der Waals surface area contributed by atoms with Crippen LogP contribution in [-0.4, -0.2) is 43.8 Å². The van der Waals surface area contributed by atoms with E-state index in [2.05, 4.69) is 5.32 Å². The molecule has 4 aromatic rings. The van der Waals surface area contributed by atoms with Crippen molar-refractivity contribution in [3.05, 3.63) is 130 Å². The van der Waals surface area contributed by atoms with Crippen molar-refractivity contribution in [2.75, 3.05) is 10.8 Å². The predicted molar refractivity (Wildman–Crippen MR) is 188 cm³/mol. The van der Waals surface area contributed by atoms with Crippen molar-refractivity contribution in [1.29, 1.82) is 0 Å². The molecular formula is C38H42ClN3O4S. The van der Waals surface area contributed by atoms with E-state index in [9.17, 15) is 18.0 Å². The maximum atomic E-state index is 14.7. The third-order valence-electron chi connectivity index (χ3n) is 8.80. The number of nitrogens with zero attached hydrogens (tertiary/aromatic N) is 2. The van der Waals surface area contributed by atoms with Gasteiger partial charge in [-0.1, -0.05) is 116 Å². The summed E-state index contributed by atoms with van der Waals surface area (Å²) in [7, 11) is -4.18. The SMILES string of the molecule is CCc1ccccc1N(CC(=O)N(Cc1ccccc1Cl)C(Cc1ccccc1)C(=O)NC1CCCC1)S(=O)(=O)c1ccc(C)cc1. The molecule has 1 fully saturated rings. The molecule has 1 unspecified atom stereocenters. The highest BCUT2D eigenvalue weighted by Gasteiger charge is 2.36. The number of hydrogen-bond acceptors (Lipinski definition) is 4. The second kappa shape index (κ2) is 15.6. The van der Waals surface area contributed by atoms with Crippen LogP contribution in [0.1, 0.15) is 54.9 Å². The number of para-hydroxylation sites is 1. The highest BCUT2D eigenvalue weighted by molar-refractivity contribution is 7.92. The molecule has 1 aliphatic rings. The lowest BCUT2D eigenvalue weighted by molar-refractivity contribution is -0.140. The van der Waals surface area contributed by atoms with E-state index < -0.39 is 28.5 Å². The van der Waals surface area contributed by atoms with Gasteiger partial charge in [0.2, 0.25) is 11.8 Å². The van der Waals surface area contributed by atoms with Gasteiger partial charge >= 0.3 is 0 Å². The zero-order valence-electron chi connectivity index (χ0n) is 26.9. The summed E-state index contributed by atoms with van der Waals surface area (Å²) < 4.78 is 29.9. The van der Waals surface area contributed by atoms with Gasteiger partial charge in [0.05, 0.1) is 10.6 Å². The number of anilines is 1. The van der Waals surface area contributed by atoms with Gasteiger partial charge in [-0.25, -0.2) is 8.42 Å². The van der Waals surface area contributed by atoms with Crippen LogP contribution in [0.25, 0.3) is 0 Å². The Bertz CT molecular complexity index is 1770. The highest BCUT2D eigenvalue weighted by Crippen LogP contribution is 2.29. The van der Waals surface area contributed by atoms with E-state index >= 15 is 0 Å². The lowest BCUT2D eigenvalue weighted by Crippen LogP contribution is -2.54. The van der Waals surface area contributed by atoms with Crippen LogP contribution in [0, 0.1) is 6.92 Å². The second-order valence-corrected chi connectivity index (χ2v) is 14.4. The number of rotatable bonds is 13. The molecule has 0 aliphatic heterocycles. The number of benzene rings is 4. The normalized spacial score (nSPS) is 14.0. The van der Waals surface area contributed by atoms with Gasteiger partial charge in [-0.15, -0.1) is 0 Å². The number of sulfonamides is 1. The zero-order chi connectivity index (χ0) is 33.4. The van der Waals surface area contributed by atoms with Crippen molar-refractivity contribution >= 4 is 39.1 Å². The quantitative estimate of drug-likeness (QED) is 0.164. The van der Waals surface area contributed by atoms with Gasteiger partial charge in [0, 0.05) is 24.0 Å². The standard InChI is InChI=1S/C38H42ClN3O4S/c1-3-30-15-8-12-20-35(30)42(47(45,46)33-23-21-28(2)22-24-33)27-37(43)41(26-31-16-7-11-19-34(31)39)36(25-29-13-5-4-6-14-29)38(44)40-32-17-9-10-18-32/h4-8,11-16,19-24,32,36H,3,9-10,17-18,25-27H2,1-2H3,(H,40,44). The molecule has 246 valence electrons. The Morgan fingerprint density at radius 2 is 1.47 bits per heavy atom. The summed E-state index contributed by atoms with van der Waals surface area (Å²) in [6.45, 7) is 3.37. The van der Waals surface area contributed by atoms with Gasteiger partial charge in [-0.2, -0.15) is 0 Å². The first-order chi connectivity index (χ1) is 22.7. The molecule has 4 aromatic carbocycles. The zero-order valence-corrected chi connectivity index (χ0v) is 28.5. The van der Waals surface area contributed by atoms with Crippen LogP contribution in [0.4, 0.5) is 5.69 Å². The molecule has 1 atom stereocenters. The van der Waals surface area contributed by atoms with Crippen molar-refractivity contribution in [2.24, 2.45) is 0 Å². The van der Waals surface area contributed by atoms with E-state index in [1.54, 1.807) is 42.5 Å². The van der Waals surface area contributed by atoms with Crippen LogP contribution in [0.2, 0.25) is 5.02 Å². The fourth-order valence-corrected chi connectivity index (χ4v) is 7.78. The van der Waals surface area contributed by atoms with E-state index in [4.69, 9.17) is 11.6 Å². The van der Waals surface area contributed by atoms with Gasteiger partial charge in [0.15, 0.2) is 0 Å². The molecule has 47 heavy (non-hydrogen) atoms. The molecule has 0 saturated heterocycles. The molecule has 0 spiro atoms. The summed E-state index contributed by atoms with van der Waals surface area (Å²) in [6, 6.07) is 29.7. The summed E-state index contributed by atoms with van der Waals surface area (Å²) in [5.41, 5.74) is 3.68. The van der Waals surface area contributed by atoms with Crippen molar-refractivity contribution in [3.63, 3.8) is 0 Å². The van der Waals surface area contributed by atoms with E-state index in [1.165, 1.54) is 9.21 Å². The van der Waals surface area contributed by atoms with Crippen LogP contribution >= 0.6 is 11.6 Å². The average Bonchev–Trinajstić information content (AvgIpc) is 3.59. The molecule has 1 saturated carbocycles. The highest BCUT2D eigenvalue weighted by atomic mass is 35.5. The molecule has 0 radical (unpaired) electrons. The Balaban J connectivity index is 1.59. The molecule has 2 amide bonds. The minimum Gasteiger partial charge on any atom is -0.352 e. The summed E-state index contributed by atoms with van der Waals surface area (Å²) >= 11 is 6.62. The van der Waals surface area contributed by atoms with Crippen molar-refractivity contribution in [3.8, 4) is 0 Å². The van der Waals surface area contributed by atoms with Gasteiger partial charge < -0.3 is 10.2 Å². The lowest BCUT2D eigenvalue weighted by Gasteiger charge is -2.35. The van der Waals surface area contributed by atoms with Crippen LogP contribution in [0.5, 0.6) is 0 Å². The number of aryl methyl sites for hydroxylation is 2. The van der Waals surface area contributed by atoms with E-state index in [-0.39, 0.29) is 29.8 Å². The first-order valence-corrected chi connectivity index (χ1v) is 18.0. The van der Waals surface area contributed by atoms with Crippen molar-refractivity contribution < 1.29 is 18.0 Å². The first kappa shape index (κ1) is 34.2. The van der Waals surface area contributed by atoms with Gasteiger partial charge in [-0.3, -0.25) is 13.9 Å². The Morgan fingerprint density at radius 1 is 0.851 bits per heavy atom. The van der Waals surface area contributed by atoms with Crippen LogP contribution in [0.3, 0.4) is 0 Å². The predicted octanol–water partition coefficient (Wildman–Crippen LogP) is 7.11. The van der Waals surface area contributed by atoms with Crippen LogP contribution in [-0.2, 0) is 39.0 Å². The fourth-order valence-electron chi connectivity index (χ4n) is 6.14. The number of hydrogen-bond donors (Lipinski definition) is 1. The van der Waals surface area contributed by atoms with Crippen LogP contribution in [0.15, 0.2) is 108 Å². The number of halogens is 1. The molecule has 0 heterocycles. The van der Waals surface area contributed by atoms with Gasteiger partial charge in [0.1, 0.15) is 12.6 Å². The Kier molecular flexibility index (Phi) is 11.4. The minimum atomic E-state index is -4.18. The first-order valence-electron chi connectivity index (χ1n) is 16.2. The summed E-state index contributed by atoms with van der Waals surface area (Å²) in [5, 5.41) is 3.66. The number of nitrogens with one attached hydrogen (secondary N) is 1. The van der Waals surface area contributed by atoms with Gasteiger partial charge in [-0.05, 0) is 67.1 Å². The fraction of sp³-hybridized carbons (Fsp3) is 0.316. The third kappa shape index (κ3) is 8.42. The van der Waals surface area contributed by atoms with E-state index in [0.29, 0.717) is 22.7 Å². The second-order valence-electron chi connectivity index (χ2n) is 12.1. The lowest BCUT2D eigenvalue weighted by atomic mass is 10.0. The van der Waals surface area contributed by atoms with E-state index in [0.717, 1.165) is 42.4 Å². The molecule has 1 N–H and O–H groups in total. The van der Waals surface area contributed by atoms with Crippen molar-refractivity contribution in [1.82, 2.24) is 10.2 Å². The van der Waals surface area contributed by atoms with Crippen molar-refractivity contribution in [2.45, 2.75) is 75.9 Å². The maximum Gasteiger partial charge on any atom is 0.264 e. The molecule has 7 nitrogen and oxygen atoms in total. The summed E-state index contributed by atoms with van der Waals surface area (Å²) in [4.78, 5) is 30.5. The Hall–Kier alpha value is -4.14. The molecule has 0 aromatic heterocycles. The minimum absolute atomic E-state index is 0.0297. The Labute approximate surface area is 283 Å². The smallest absolute Gasteiger partial charge is 0.264 e. The van der Waals surface area contributed by atoms with E-state index in [1.807, 2.05) is 74.5 Å². The Morgan fingerprint density at radius 3 is 2.13 bits per heavy atom. The summed E-state index contributed by atoms with van der Waals surface area (Å²) in [5.74, 6) is -0.767. The number of carbonyl (C=O) groups excluding carboxylic acids is 2. The molecule has 9 heteroatoms. The monoisotopic (exact) mass is 671 g/mol. The summed E-state index contributed by atoms with van der Waals surface area (Å²) in [6.07, 6.45) is 4.68. The average molecular weight is 672 g/mol. The largest absolute Gasteiger partial charge is 0.352 e. The molecule has 0 bridgehead atoms. The molecular weight excluding hydrogens is 630 g/mol. The van der Waals surface area contributed by atoms with Gasteiger partial charge in [0.25, 0.3) is 10.0 Å². The molecule has 1 aliphatic carbocycles.